The fraction of sp³-hybridized carbons (Fsp3) is 0.259. The van der Waals surface area contributed by atoms with E-state index in [2.05, 4.69) is 36.5 Å². The highest BCUT2D eigenvalue weighted by Crippen LogP contribution is 2.37. The third kappa shape index (κ3) is 5.29. The summed E-state index contributed by atoms with van der Waals surface area (Å²) in [4.78, 5) is 2.30. The number of hydrogen-bond acceptors (Lipinski definition) is 2. The number of rotatable bonds is 8. The van der Waals surface area contributed by atoms with Crippen LogP contribution < -0.4 is 5.32 Å². The molecule has 0 spiro atoms. The van der Waals surface area contributed by atoms with Crippen LogP contribution in [0, 0.1) is 11.7 Å². The van der Waals surface area contributed by atoms with E-state index in [-0.39, 0.29) is 5.82 Å². The van der Waals surface area contributed by atoms with E-state index in [1.54, 1.807) is 6.08 Å². The molecule has 1 fully saturated rings. The Kier molecular flexibility index (Phi) is 7.40. The number of benzene rings is 2. The van der Waals surface area contributed by atoms with Gasteiger partial charge in [-0.25, -0.2) is 4.39 Å². The Bertz CT molecular complexity index is 999. The zero-order valence-electron chi connectivity index (χ0n) is 18.2. The van der Waals surface area contributed by atoms with Gasteiger partial charge < -0.3 is 10.2 Å². The van der Waals surface area contributed by atoms with Gasteiger partial charge in [-0.3, -0.25) is 0 Å². The summed E-state index contributed by atoms with van der Waals surface area (Å²) >= 11 is 6.63. The van der Waals surface area contributed by atoms with Gasteiger partial charge in [0, 0.05) is 42.6 Å². The van der Waals surface area contributed by atoms with Gasteiger partial charge in [-0.2, -0.15) is 0 Å². The average molecular weight is 437 g/mol. The average Bonchev–Trinajstić information content (AvgIpc) is 2.79. The van der Waals surface area contributed by atoms with E-state index in [4.69, 9.17) is 11.6 Å². The lowest BCUT2D eigenvalue weighted by Gasteiger charge is -2.35. The van der Waals surface area contributed by atoms with Gasteiger partial charge in [0.1, 0.15) is 5.82 Å². The van der Waals surface area contributed by atoms with Crippen molar-refractivity contribution in [3.8, 4) is 0 Å². The summed E-state index contributed by atoms with van der Waals surface area (Å²) in [6.07, 6.45) is 4.81. The largest absolute Gasteiger partial charge is 0.388 e. The van der Waals surface area contributed by atoms with E-state index < -0.39 is 0 Å². The first-order valence-corrected chi connectivity index (χ1v) is 10.9. The molecule has 4 heteroatoms. The minimum Gasteiger partial charge on any atom is -0.388 e. The first-order chi connectivity index (χ1) is 14.8. The number of likely N-dealkylation sites (tertiary alicyclic amines) is 1. The lowest BCUT2D eigenvalue weighted by atomic mass is 9.89. The number of nitrogens with zero attached hydrogens (tertiary/aromatic N) is 1. The number of halogens is 2. The predicted molar refractivity (Wildman–Crippen MR) is 133 cm³/mol. The van der Waals surface area contributed by atoms with Crippen molar-refractivity contribution in [2.24, 2.45) is 5.92 Å². The summed E-state index contributed by atoms with van der Waals surface area (Å²) in [5.74, 6) is 0.401. The van der Waals surface area contributed by atoms with Crippen molar-refractivity contribution in [2.75, 3.05) is 25.5 Å². The molecular weight excluding hydrogens is 407 g/mol. The van der Waals surface area contributed by atoms with Gasteiger partial charge in [-0.15, -0.1) is 0 Å². The van der Waals surface area contributed by atoms with Gasteiger partial charge in [0.05, 0.1) is 5.02 Å². The van der Waals surface area contributed by atoms with E-state index in [0.717, 1.165) is 66.0 Å². The van der Waals surface area contributed by atoms with Crippen LogP contribution in [0.3, 0.4) is 0 Å². The Hall–Kier alpha value is -2.78. The third-order valence-electron chi connectivity index (χ3n) is 6.08. The van der Waals surface area contributed by atoms with E-state index in [0.29, 0.717) is 10.9 Å². The van der Waals surface area contributed by atoms with Gasteiger partial charge in [-0.05, 0) is 66.2 Å². The molecule has 2 nitrogen and oxygen atoms in total. The Morgan fingerprint density at radius 3 is 2.35 bits per heavy atom. The molecule has 2 aromatic carbocycles. The third-order valence-corrected chi connectivity index (χ3v) is 6.39. The molecular formula is C27H30ClFN2. The molecule has 162 valence electrons. The van der Waals surface area contributed by atoms with Crippen molar-refractivity contribution >= 4 is 28.6 Å². The fourth-order valence-corrected chi connectivity index (χ4v) is 4.35. The number of nitrogens with one attached hydrogen (secondary N) is 1. The molecule has 1 heterocycles. The molecule has 1 saturated heterocycles. The van der Waals surface area contributed by atoms with Crippen molar-refractivity contribution in [3.05, 3.63) is 102 Å². The molecule has 3 rings (SSSR count). The second-order valence-corrected chi connectivity index (χ2v) is 8.45. The van der Waals surface area contributed by atoms with Gasteiger partial charge in [0.25, 0.3) is 0 Å². The highest BCUT2D eigenvalue weighted by Gasteiger charge is 2.23. The Balaban J connectivity index is 1.72. The molecule has 0 amide bonds. The fourth-order valence-electron chi connectivity index (χ4n) is 4.08. The van der Waals surface area contributed by atoms with Crippen LogP contribution >= 0.6 is 11.6 Å². The van der Waals surface area contributed by atoms with Crippen LogP contribution in [0.15, 0.2) is 74.4 Å². The number of allylic oxidation sites excluding steroid dienone is 3. The number of anilines is 1. The molecule has 0 aromatic heterocycles. The molecule has 0 unspecified atom stereocenters. The summed E-state index contributed by atoms with van der Waals surface area (Å²) in [6, 6.07) is 10.8. The van der Waals surface area contributed by atoms with E-state index >= 15 is 0 Å². The molecule has 0 aliphatic carbocycles. The van der Waals surface area contributed by atoms with E-state index in [1.807, 2.05) is 31.3 Å². The maximum atomic E-state index is 13.1. The number of hydrogen-bond donors (Lipinski definition) is 1. The van der Waals surface area contributed by atoms with Gasteiger partial charge in [-0.1, -0.05) is 56.1 Å². The van der Waals surface area contributed by atoms with E-state index in [9.17, 15) is 4.39 Å². The van der Waals surface area contributed by atoms with Crippen molar-refractivity contribution in [3.63, 3.8) is 0 Å². The van der Waals surface area contributed by atoms with Crippen LogP contribution in [0.25, 0.3) is 11.3 Å². The molecule has 31 heavy (non-hydrogen) atoms. The minimum absolute atomic E-state index is 0.185. The zero-order valence-corrected chi connectivity index (χ0v) is 18.9. The Labute approximate surface area is 190 Å². The van der Waals surface area contributed by atoms with Crippen molar-refractivity contribution in [2.45, 2.75) is 19.3 Å². The molecule has 0 radical (unpaired) electrons. The molecule has 1 aliphatic rings. The highest BCUT2D eigenvalue weighted by molar-refractivity contribution is 6.32. The van der Waals surface area contributed by atoms with Crippen LogP contribution in [0.5, 0.6) is 0 Å². The molecule has 0 atom stereocenters. The Morgan fingerprint density at radius 2 is 1.77 bits per heavy atom. The second-order valence-electron chi connectivity index (χ2n) is 8.04. The van der Waals surface area contributed by atoms with Crippen LogP contribution in [0.2, 0.25) is 5.02 Å². The van der Waals surface area contributed by atoms with Crippen LogP contribution in [0.1, 0.15) is 29.5 Å². The lowest BCUT2D eigenvalue weighted by molar-refractivity contribution is 0.254. The standard InChI is InChI=1S/C27H30ClFN2/c1-6-18(2)19(3)24-16-25(26(28)17-27(24)30-5)20(4)31-13-11-22(12-14-31)15-21-7-9-23(29)10-8-21/h6-10,16-17,22,30H,1-4,11-15H2,5H3. The normalized spacial score (nSPS) is 14.2. The molecule has 1 N–H and O–H groups in total. The van der Waals surface area contributed by atoms with Crippen molar-refractivity contribution < 1.29 is 4.39 Å². The minimum atomic E-state index is -0.185. The lowest BCUT2D eigenvalue weighted by Crippen LogP contribution is -2.33. The topological polar surface area (TPSA) is 15.3 Å². The summed E-state index contributed by atoms with van der Waals surface area (Å²) in [5.41, 5.74) is 6.44. The summed E-state index contributed by atoms with van der Waals surface area (Å²) in [7, 11) is 1.86. The smallest absolute Gasteiger partial charge is 0.123 e. The SMILES string of the molecule is C=CC(=C)C(=C)c1cc(C(=C)N2CCC(Cc3ccc(F)cc3)CC2)c(Cl)cc1NC. The molecule has 0 saturated carbocycles. The predicted octanol–water partition coefficient (Wildman–Crippen LogP) is 7.20. The van der Waals surface area contributed by atoms with Gasteiger partial charge in [0.2, 0.25) is 0 Å². The molecule has 0 bridgehead atoms. The molecule has 2 aromatic rings. The van der Waals surface area contributed by atoms with Crippen LogP contribution in [-0.2, 0) is 6.42 Å². The Morgan fingerprint density at radius 1 is 1.13 bits per heavy atom. The monoisotopic (exact) mass is 436 g/mol. The maximum absolute atomic E-state index is 13.1. The summed E-state index contributed by atoms with van der Waals surface area (Å²) in [5, 5.41) is 3.84. The van der Waals surface area contributed by atoms with Crippen molar-refractivity contribution in [1.82, 2.24) is 4.90 Å². The molecule has 1 aliphatic heterocycles. The van der Waals surface area contributed by atoms with Crippen LogP contribution in [-0.4, -0.2) is 25.0 Å². The summed E-state index contributed by atoms with van der Waals surface area (Å²) in [6.45, 7) is 18.2. The van der Waals surface area contributed by atoms with Gasteiger partial charge in [0.15, 0.2) is 0 Å². The highest BCUT2D eigenvalue weighted by atomic mass is 35.5. The quantitative estimate of drug-likeness (QED) is 0.440. The second kappa shape index (κ2) is 10.0. The number of piperidine rings is 1. The first kappa shape index (κ1) is 22.9. The first-order valence-electron chi connectivity index (χ1n) is 10.5. The summed E-state index contributed by atoms with van der Waals surface area (Å²) < 4.78 is 13.1. The van der Waals surface area contributed by atoms with Crippen molar-refractivity contribution in [1.29, 1.82) is 0 Å². The van der Waals surface area contributed by atoms with Crippen LogP contribution in [0.4, 0.5) is 10.1 Å². The van der Waals surface area contributed by atoms with E-state index in [1.165, 1.54) is 17.7 Å². The van der Waals surface area contributed by atoms with Gasteiger partial charge >= 0.3 is 0 Å². The zero-order chi connectivity index (χ0) is 22.5. The maximum Gasteiger partial charge on any atom is 0.123 e.